The topological polar surface area (TPSA) is 46.5 Å². The average Bonchev–Trinajstić information content (AvgIpc) is 1.99. The predicted octanol–water partition coefficient (Wildman–Crippen LogP) is 0.486. The lowest BCUT2D eigenvalue weighted by atomic mass is 10.3. The van der Waals surface area contributed by atoms with Crippen LogP contribution < -0.4 is 0 Å². The quantitative estimate of drug-likeness (QED) is 0.461. The Bertz CT molecular complexity index is 120. The molecule has 0 radical (unpaired) electrons. The number of aliphatic hydroxyl groups is 1. The van der Waals surface area contributed by atoms with Crippen LogP contribution in [-0.2, 0) is 9.53 Å². The van der Waals surface area contributed by atoms with Crippen LogP contribution in [0, 0.1) is 0 Å². The molecule has 0 amide bonds. The van der Waals surface area contributed by atoms with Gasteiger partial charge in [-0.15, -0.1) is 0 Å². The molecule has 0 aliphatic heterocycles. The van der Waals surface area contributed by atoms with Gasteiger partial charge in [0.2, 0.25) is 0 Å². The molecule has 0 spiro atoms. The van der Waals surface area contributed by atoms with Gasteiger partial charge in [0.05, 0.1) is 6.10 Å². The van der Waals surface area contributed by atoms with Gasteiger partial charge in [0.1, 0.15) is 6.61 Å². The van der Waals surface area contributed by atoms with E-state index >= 15 is 0 Å². The van der Waals surface area contributed by atoms with E-state index < -0.39 is 12.1 Å². The second-order valence-corrected chi connectivity index (χ2v) is 1.90. The Morgan fingerprint density at radius 1 is 1.90 bits per heavy atom. The van der Waals surface area contributed by atoms with Crippen LogP contribution in [0.3, 0.4) is 0 Å². The molecule has 0 aromatic rings. The van der Waals surface area contributed by atoms with Crippen molar-refractivity contribution in [3.63, 3.8) is 0 Å². The maximum atomic E-state index is 10.4. The highest BCUT2D eigenvalue weighted by Crippen LogP contribution is 1.90. The second-order valence-electron chi connectivity index (χ2n) is 1.90. The van der Waals surface area contributed by atoms with Crippen LogP contribution in [-0.4, -0.2) is 23.8 Å². The number of esters is 1. The van der Waals surface area contributed by atoms with Crippen LogP contribution in [0.15, 0.2) is 12.7 Å². The Kier molecular flexibility index (Phi) is 4.58. The van der Waals surface area contributed by atoms with Crippen molar-refractivity contribution in [1.29, 1.82) is 0 Å². The zero-order valence-electron chi connectivity index (χ0n) is 6.04. The van der Waals surface area contributed by atoms with E-state index in [4.69, 9.17) is 5.11 Å². The molecule has 0 saturated heterocycles. The molecule has 3 heteroatoms. The SMILES string of the molecule is C=CC(=O)OC[C@H](O)CC. The first kappa shape index (κ1) is 9.17. The van der Waals surface area contributed by atoms with Crippen molar-refractivity contribution in [2.45, 2.75) is 19.4 Å². The summed E-state index contributed by atoms with van der Waals surface area (Å²) in [6, 6.07) is 0. The van der Waals surface area contributed by atoms with Gasteiger partial charge in [-0.05, 0) is 6.42 Å². The van der Waals surface area contributed by atoms with E-state index in [1.54, 1.807) is 0 Å². The van der Waals surface area contributed by atoms with Gasteiger partial charge in [0.15, 0.2) is 0 Å². The molecule has 0 bridgehead atoms. The van der Waals surface area contributed by atoms with Gasteiger partial charge in [-0.3, -0.25) is 0 Å². The van der Waals surface area contributed by atoms with E-state index in [1.165, 1.54) is 0 Å². The van der Waals surface area contributed by atoms with Gasteiger partial charge in [-0.25, -0.2) is 4.79 Å². The normalized spacial score (nSPS) is 12.2. The van der Waals surface area contributed by atoms with Gasteiger partial charge in [0, 0.05) is 6.08 Å². The Hall–Kier alpha value is -0.830. The summed E-state index contributed by atoms with van der Waals surface area (Å²) in [6.07, 6.45) is 1.11. The van der Waals surface area contributed by atoms with Gasteiger partial charge < -0.3 is 9.84 Å². The fraction of sp³-hybridized carbons (Fsp3) is 0.571. The fourth-order valence-electron chi connectivity index (χ4n) is 0.355. The van der Waals surface area contributed by atoms with E-state index in [0.29, 0.717) is 6.42 Å². The Labute approximate surface area is 60.3 Å². The smallest absolute Gasteiger partial charge is 0.330 e. The average molecular weight is 144 g/mol. The lowest BCUT2D eigenvalue weighted by Crippen LogP contribution is -2.16. The molecule has 0 aromatic heterocycles. The highest BCUT2D eigenvalue weighted by Gasteiger charge is 2.02. The van der Waals surface area contributed by atoms with Crippen molar-refractivity contribution in [3.8, 4) is 0 Å². The zero-order chi connectivity index (χ0) is 7.98. The van der Waals surface area contributed by atoms with Crippen molar-refractivity contribution in [3.05, 3.63) is 12.7 Å². The maximum absolute atomic E-state index is 10.4. The molecule has 0 aliphatic rings. The summed E-state index contributed by atoms with van der Waals surface area (Å²) in [5.41, 5.74) is 0. The van der Waals surface area contributed by atoms with E-state index in [0.717, 1.165) is 6.08 Å². The lowest BCUT2D eigenvalue weighted by molar-refractivity contribution is -0.140. The molecule has 1 N–H and O–H groups in total. The monoisotopic (exact) mass is 144 g/mol. The van der Waals surface area contributed by atoms with Crippen LogP contribution in [0.2, 0.25) is 0 Å². The van der Waals surface area contributed by atoms with Gasteiger partial charge in [0.25, 0.3) is 0 Å². The van der Waals surface area contributed by atoms with E-state index in [1.807, 2.05) is 6.92 Å². The van der Waals surface area contributed by atoms with Gasteiger partial charge in [-0.1, -0.05) is 13.5 Å². The molecular weight excluding hydrogens is 132 g/mol. The Morgan fingerprint density at radius 3 is 2.90 bits per heavy atom. The summed E-state index contributed by atoms with van der Waals surface area (Å²) >= 11 is 0. The standard InChI is InChI=1S/C7H12O3/c1-3-6(8)5-10-7(9)4-2/h4,6,8H,2-3,5H2,1H3/t6-/m1/s1. The number of carbonyl (C=O) groups is 1. The van der Waals surface area contributed by atoms with Gasteiger partial charge in [-0.2, -0.15) is 0 Å². The molecular formula is C7H12O3. The van der Waals surface area contributed by atoms with E-state index in [9.17, 15) is 4.79 Å². The number of ether oxygens (including phenoxy) is 1. The summed E-state index contributed by atoms with van der Waals surface area (Å²) in [4.78, 5) is 10.4. The van der Waals surface area contributed by atoms with Crippen LogP contribution in [0.1, 0.15) is 13.3 Å². The predicted molar refractivity (Wildman–Crippen MR) is 37.5 cm³/mol. The van der Waals surface area contributed by atoms with Crippen molar-refractivity contribution >= 4 is 5.97 Å². The van der Waals surface area contributed by atoms with Crippen LogP contribution >= 0.6 is 0 Å². The fourth-order valence-corrected chi connectivity index (χ4v) is 0.355. The summed E-state index contributed by atoms with van der Waals surface area (Å²) < 4.78 is 4.54. The minimum atomic E-state index is -0.552. The van der Waals surface area contributed by atoms with Crippen LogP contribution in [0.4, 0.5) is 0 Å². The number of carbonyl (C=O) groups excluding carboxylic acids is 1. The van der Waals surface area contributed by atoms with Crippen LogP contribution in [0.5, 0.6) is 0 Å². The molecule has 0 heterocycles. The minimum Gasteiger partial charge on any atom is -0.460 e. The first-order valence-electron chi connectivity index (χ1n) is 3.18. The maximum Gasteiger partial charge on any atom is 0.330 e. The Balaban J connectivity index is 3.34. The zero-order valence-corrected chi connectivity index (χ0v) is 6.04. The summed E-state index contributed by atoms with van der Waals surface area (Å²) in [5, 5.41) is 8.89. The molecule has 1 atom stereocenters. The first-order valence-corrected chi connectivity index (χ1v) is 3.18. The molecule has 3 nitrogen and oxygen atoms in total. The van der Waals surface area contributed by atoms with Crippen molar-refractivity contribution < 1.29 is 14.6 Å². The molecule has 0 fully saturated rings. The molecule has 0 unspecified atom stereocenters. The third kappa shape index (κ3) is 4.09. The second kappa shape index (κ2) is 4.99. The highest BCUT2D eigenvalue weighted by atomic mass is 16.5. The third-order valence-corrected chi connectivity index (χ3v) is 1.06. The Morgan fingerprint density at radius 2 is 2.50 bits per heavy atom. The van der Waals surface area contributed by atoms with E-state index in [-0.39, 0.29) is 6.61 Å². The molecule has 0 saturated carbocycles. The number of aliphatic hydroxyl groups excluding tert-OH is 1. The molecule has 0 rings (SSSR count). The molecule has 10 heavy (non-hydrogen) atoms. The van der Waals surface area contributed by atoms with Gasteiger partial charge >= 0.3 is 5.97 Å². The molecule has 0 aliphatic carbocycles. The first-order chi connectivity index (χ1) is 4.70. The minimum absolute atomic E-state index is 0.0569. The summed E-state index contributed by atoms with van der Waals surface area (Å²) in [6.45, 7) is 5.08. The van der Waals surface area contributed by atoms with Crippen molar-refractivity contribution in [2.75, 3.05) is 6.61 Å². The van der Waals surface area contributed by atoms with Crippen molar-refractivity contribution in [2.24, 2.45) is 0 Å². The summed E-state index contributed by atoms with van der Waals surface area (Å²) in [5.74, 6) is -0.493. The summed E-state index contributed by atoms with van der Waals surface area (Å²) in [7, 11) is 0. The molecule has 58 valence electrons. The third-order valence-electron chi connectivity index (χ3n) is 1.06. The molecule has 0 aromatic carbocycles. The largest absolute Gasteiger partial charge is 0.460 e. The van der Waals surface area contributed by atoms with Crippen molar-refractivity contribution in [1.82, 2.24) is 0 Å². The van der Waals surface area contributed by atoms with E-state index in [2.05, 4.69) is 11.3 Å². The number of hydrogen-bond acceptors (Lipinski definition) is 3. The number of hydrogen-bond donors (Lipinski definition) is 1. The highest BCUT2D eigenvalue weighted by molar-refractivity contribution is 5.81. The van der Waals surface area contributed by atoms with Crippen LogP contribution in [0.25, 0.3) is 0 Å². The lowest BCUT2D eigenvalue weighted by Gasteiger charge is -2.05. The number of rotatable bonds is 4.